The number of rotatable bonds is 6. The van der Waals surface area contributed by atoms with Gasteiger partial charge >= 0.3 is 0 Å². The highest BCUT2D eigenvalue weighted by molar-refractivity contribution is 5.86. The summed E-state index contributed by atoms with van der Waals surface area (Å²) < 4.78 is 11.4. The van der Waals surface area contributed by atoms with Crippen molar-refractivity contribution in [3.63, 3.8) is 0 Å². The third kappa shape index (κ3) is 4.22. The van der Waals surface area contributed by atoms with Crippen molar-refractivity contribution in [1.82, 2.24) is 10.2 Å². The molecule has 1 atom stereocenters. The Hall–Kier alpha value is -1.79. The average molecular weight is 374 g/mol. The van der Waals surface area contributed by atoms with Gasteiger partial charge in [-0.15, -0.1) is 0 Å². The highest BCUT2D eigenvalue weighted by Crippen LogP contribution is 2.31. The second-order valence-corrected chi connectivity index (χ2v) is 8.12. The van der Waals surface area contributed by atoms with Gasteiger partial charge in [-0.25, -0.2) is 0 Å². The van der Waals surface area contributed by atoms with Gasteiger partial charge in [0.1, 0.15) is 0 Å². The van der Waals surface area contributed by atoms with Gasteiger partial charge in [0.25, 0.3) is 5.91 Å². The number of hydrogen-bond acceptors (Lipinski definition) is 5. The van der Waals surface area contributed by atoms with E-state index in [1.165, 1.54) is 19.3 Å². The molecule has 0 spiro atoms. The average Bonchev–Trinajstić information content (AvgIpc) is 2.86. The van der Waals surface area contributed by atoms with E-state index in [-0.39, 0.29) is 12.5 Å². The number of likely N-dealkylation sites (tertiary alicyclic amines) is 1. The van der Waals surface area contributed by atoms with Crippen LogP contribution in [0.4, 0.5) is 0 Å². The Morgan fingerprint density at radius 3 is 2.74 bits per heavy atom. The van der Waals surface area contributed by atoms with E-state index in [1.807, 2.05) is 23.1 Å². The number of nitrogens with one attached hydrogen (secondary N) is 1. The SMILES string of the molecule is O=C1N(CC2CCC2)CCC[C@]1(O)CNCc1ccc2c(c1)OCCCO2. The van der Waals surface area contributed by atoms with Gasteiger partial charge in [-0.05, 0) is 49.3 Å². The summed E-state index contributed by atoms with van der Waals surface area (Å²) in [5.41, 5.74) is -0.231. The maximum absolute atomic E-state index is 12.8. The number of fused-ring (bicyclic) bond motifs is 1. The zero-order valence-electron chi connectivity index (χ0n) is 15.9. The summed E-state index contributed by atoms with van der Waals surface area (Å²) in [6, 6.07) is 5.90. The summed E-state index contributed by atoms with van der Waals surface area (Å²) in [7, 11) is 0. The number of hydrogen-bond donors (Lipinski definition) is 2. The summed E-state index contributed by atoms with van der Waals surface area (Å²) in [5, 5.41) is 14.2. The Morgan fingerprint density at radius 1 is 1.15 bits per heavy atom. The minimum atomic E-state index is -1.28. The van der Waals surface area contributed by atoms with E-state index in [4.69, 9.17) is 9.47 Å². The summed E-state index contributed by atoms with van der Waals surface area (Å²) in [6.07, 6.45) is 5.97. The zero-order chi connectivity index (χ0) is 18.7. The lowest BCUT2D eigenvalue weighted by Gasteiger charge is -2.41. The van der Waals surface area contributed by atoms with E-state index in [9.17, 15) is 9.90 Å². The number of aliphatic hydroxyl groups is 1. The van der Waals surface area contributed by atoms with Crippen molar-refractivity contribution in [2.75, 3.05) is 32.8 Å². The van der Waals surface area contributed by atoms with Crippen LogP contribution in [0.3, 0.4) is 0 Å². The Bertz CT molecular complexity index is 676. The molecule has 2 aliphatic heterocycles. The van der Waals surface area contributed by atoms with Crippen LogP contribution in [0.1, 0.15) is 44.1 Å². The maximum Gasteiger partial charge on any atom is 0.255 e. The summed E-state index contributed by atoms with van der Waals surface area (Å²) in [4.78, 5) is 14.7. The molecular weight excluding hydrogens is 344 g/mol. The van der Waals surface area contributed by atoms with E-state index in [1.54, 1.807) is 0 Å². The van der Waals surface area contributed by atoms with Crippen molar-refractivity contribution in [1.29, 1.82) is 0 Å². The number of nitrogens with zero attached hydrogens (tertiary/aromatic N) is 1. The second-order valence-electron chi connectivity index (χ2n) is 8.12. The molecule has 0 bridgehead atoms. The largest absolute Gasteiger partial charge is 0.490 e. The van der Waals surface area contributed by atoms with Gasteiger partial charge < -0.3 is 24.8 Å². The predicted octanol–water partition coefficient (Wildman–Crippen LogP) is 2.09. The molecule has 2 heterocycles. The van der Waals surface area contributed by atoms with Crippen LogP contribution in [0, 0.1) is 5.92 Å². The van der Waals surface area contributed by atoms with Gasteiger partial charge in [-0.1, -0.05) is 12.5 Å². The summed E-state index contributed by atoms with van der Waals surface area (Å²) >= 11 is 0. The standard InChI is InChI=1S/C21H30N2O4/c24-20-21(25,8-2-9-23(20)14-16-4-1-5-16)15-22-13-17-6-7-18-19(12-17)27-11-3-10-26-18/h6-7,12,16,22,25H,1-5,8-11,13-15H2/t21-/m0/s1. The van der Waals surface area contributed by atoms with Crippen LogP contribution < -0.4 is 14.8 Å². The Balaban J connectivity index is 1.32. The van der Waals surface area contributed by atoms with Gasteiger partial charge in [0.2, 0.25) is 0 Å². The topological polar surface area (TPSA) is 71.0 Å². The Labute approximate surface area is 160 Å². The molecule has 6 nitrogen and oxygen atoms in total. The number of carbonyl (C=O) groups excluding carboxylic acids is 1. The minimum absolute atomic E-state index is 0.105. The van der Waals surface area contributed by atoms with Crippen molar-refractivity contribution in [3.05, 3.63) is 23.8 Å². The minimum Gasteiger partial charge on any atom is -0.490 e. The summed E-state index contributed by atoms with van der Waals surface area (Å²) in [6.45, 7) is 3.78. The van der Waals surface area contributed by atoms with Crippen LogP contribution in [-0.4, -0.2) is 54.4 Å². The highest BCUT2D eigenvalue weighted by atomic mass is 16.5. The lowest BCUT2D eigenvalue weighted by Crippen LogP contribution is -2.58. The number of benzene rings is 1. The normalized spacial score (nSPS) is 25.8. The van der Waals surface area contributed by atoms with Crippen LogP contribution >= 0.6 is 0 Å². The molecule has 148 valence electrons. The zero-order valence-corrected chi connectivity index (χ0v) is 15.9. The number of carbonyl (C=O) groups is 1. The van der Waals surface area contributed by atoms with E-state index in [2.05, 4.69) is 5.32 Å². The number of ether oxygens (including phenoxy) is 2. The molecule has 0 aromatic heterocycles. The maximum atomic E-state index is 12.8. The van der Waals surface area contributed by atoms with Gasteiger partial charge in [-0.2, -0.15) is 0 Å². The first-order valence-corrected chi connectivity index (χ1v) is 10.2. The second kappa shape index (κ2) is 8.07. The molecule has 3 aliphatic rings. The van der Waals surface area contributed by atoms with Gasteiger partial charge in [0.05, 0.1) is 13.2 Å². The first-order chi connectivity index (χ1) is 13.1. The molecule has 1 aliphatic carbocycles. The Kier molecular flexibility index (Phi) is 5.55. The first kappa shape index (κ1) is 18.6. The molecule has 6 heteroatoms. The molecule has 1 aromatic rings. The van der Waals surface area contributed by atoms with Crippen LogP contribution in [-0.2, 0) is 11.3 Å². The number of amides is 1. The molecule has 1 aromatic carbocycles. The van der Waals surface area contributed by atoms with Gasteiger partial charge in [0, 0.05) is 32.6 Å². The molecule has 0 radical (unpaired) electrons. The van der Waals surface area contributed by atoms with E-state index < -0.39 is 5.60 Å². The van der Waals surface area contributed by atoms with Gasteiger partial charge in [0.15, 0.2) is 17.1 Å². The van der Waals surface area contributed by atoms with Crippen molar-refractivity contribution >= 4 is 5.91 Å². The lowest BCUT2D eigenvalue weighted by molar-refractivity contribution is -0.157. The molecule has 2 N–H and O–H groups in total. The molecular formula is C21H30N2O4. The van der Waals surface area contributed by atoms with Crippen LogP contribution in [0.5, 0.6) is 11.5 Å². The molecule has 1 saturated carbocycles. The van der Waals surface area contributed by atoms with Crippen LogP contribution in [0.25, 0.3) is 0 Å². The molecule has 1 saturated heterocycles. The molecule has 27 heavy (non-hydrogen) atoms. The fourth-order valence-corrected chi connectivity index (χ4v) is 4.12. The van der Waals surface area contributed by atoms with E-state index in [0.29, 0.717) is 32.1 Å². The summed E-state index contributed by atoms with van der Waals surface area (Å²) in [5.74, 6) is 2.08. The molecule has 0 unspecified atom stereocenters. The number of piperidine rings is 1. The van der Waals surface area contributed by atoms with Crippen molar-refractivity contribution < 1.29 is 19.4 Å². The molecule has 1 amide bonds. The van der Waals surface area contributed by atoms with E-state index >= 15 is 0 Å². The van der Waals surface area contributed by atoms with E-state index in [0.717, 1.165) is 43.0 Å². The third-order valence-electron chi connectivity index (χ3n) is 5.97. The third-order valence-corrected chi connectivity index (χ3v) is 5.97. The lowest BCUT2D eigenvalue weighted by atomic mass is 9.83. The molecule has 2 fully saturated rings. The first-order valence-electron chi connectivity index (χ1n) is 10.2. The van der Waals surface area contributed by atoms with Crippen LogP contribution in [0.2, 0.25) is 0 Å². The molecule has 4 rings (SSSR count). The quantitative estimate of drug-likeness (QED) is 0.798. The van der Waals surface area contributed by atoms with Gasteiger partial charge in [-0.3, -0.25) is 4.79 Å². The van der Waals surface area contributed by atoms with Crippen molar-refractivity contribution in [3.8, 4) is 11.5 Å². The monoisotopic (exact) mass is 374 g/mol. The fourth-order valence-electron chi connectivity index (χ4n) is 4.12. The van der Waals surface area contributed by atoms with Crippen LogP contribution in [0.15, 0.2) is 18.2 Å². The fraction of sp³-hybridized carbons (Fsp3) is 0.667. The Morgan fingerprint density at radius 2 is 1.96 bits per heavy atom. The van der Waals surface area contributed by atoms with Crippen molar-refractivity contribution in [2.24, 2.45) is 5.92 Å². The van der Waals surface area contributed by atoms with Crippen molar-refractivity contribution in [2.45, 2.75) is 50.7 Å². The highest BCUT2D eigenvalue weighted by Gasteiger charge is 2.42. The predicted molar refractivity (Wildman–Crippen MR) is 102 cm³/mol. The smallest absolute Gasteiger partial charge is 0.255 e.